The summed E-state index contributed by atoms with van der Waals surface area (Å²) in [4.78, 5) is 16.6. The first kappa shape index (κ1) is 13.6. The van der Waals surface area contributed by atoms with Gasteiger partial charge < -0.3 is 11.1 Å². The maximum absolute atomic E-state index is 12.4. The highest BCUT2D eigenvalue weighted by atomic mass is 16.1. The van der Waals surface area contributed by atoms with Crippen LogP contribution in [0.2, 0.25) is 0 Å². The molecular weight excluding hydrogens is 250 g/mol. The second kappa shape index (κ2) is 5.52. The van der Waals surface area contributed by atoms with Gasteiger partial charge in [0.15, 0.2) is 0 Å². The van der Waals surface area contributed by atoms with Crippen LogP contribution >= 0.6 is 0 Å². The van der Waals surface area contributed by atoms with Crippen molar-refractivity contribution in [1.29, 1.82) is 0 Å². The van der Waals surface area contributed by atoms with Gasteiger partial charge >= 0.3 is 0 Å². The van der Waals surface area contributed by atoms with Crippen LogP contribution in [0.4, 0.5) is 5.69 Å². The second-order valence-electron chi connectivity index (χ2n) is 6.44. The van der Waals surface area contributed by atoms with Crippen LogP contribution in [0.25, 0.3) is 0 Å². The number of amides is 1. The highest BCUT2D eigenvalue weighted by molar-refractivity contribution is 5.92. The molecule has 3 rings (SSSR count). The second-order valence-corrected chi connectivity index (χ2v) is 6.44. The molecule has 0 saturated heterocycles. The number of carbonyl (C=O) groups is 1. The molecule has 1 aromatic heterocycles. The van der Waals surface area contributed by atoms with Crippen molar-refractivity contribution in [2.24, 2.45) is 23.5 Å². The zero-order valence-corrected chi connectivity index (χ0v) is 12.0. The maximum atomic E-state index is 12.4. The zero-order chi connectivity index (χ0) is 14.1. The van der Waals surface area contributed by atoms with Crippen molar-refractivity contribution in [2.75, 3.05) is 5.32 Å². The van der Waals surface area contributed by atoms with Gasteiger partial charge in [-0.05, 0) is 56.1 Å². The molecule has 1 amide bonds. The Bertz CT molecular complexity index is 488. The molecule has 20 heavy (non-hydrogen) atoms. The predicted molar refractivity (Wildman–Crippen MR) is 79.1 cm³/mol. The van der Waals surface area contributed by atoms with Gasteiger partial charge in [0.1, 0.15) is 0 Å². The Labute approximate surface area is 120 Å². The molecule has 4 nitrogen and oxygen atoms in total. The summed E-state index contributed by atoms with van der Waals surface area (Å²) in [6.45, 7) is 1.98. The molecule has 2 atom stereocenters. The van der Waals surface area contributed by atoms with Gasteiger partial charge in [-0.25, -0.2) is 0 Å². The largest absolute Gasteiger partial charge is 0.327 e. The minimum atomic E-state index is 0.116. The molecule has 2 unspecified atom stereocenters. The monoisotopic (exact) mass is 273 g/mol. The van der Waals surface area contributed by atoms with Crippen molar-refractivity contribution in [1.82, 2.24) is 4.98 Å². The van der Waals surface area contributed by atoms with Gasteiger partial charge in [-0.1, -0.05) is 6.42 Å². The van der Waals surface area contributed by atoms with Gasteiger partial charge in [0, 0.05) is 18.2 Å². The van der Waals surface area contributed by atoms with Crippen LogP contribution in [0.1, 0.15) is 37.7 Å². The highest BCUT2D eigenvalue weighted by Gasteiger charge is 2.40. The van der Waals surface area contributed by atoms with E-state index in [1.54, 1.807) is 12.4 Å². The molecule has 0 radical (unpaired) electrons. The lowest BCUT2D eigenvalue weighted by atomic mass is 9.65. The number of hydrogen-bond acceptors (Lipinski definition) is 3. The summed E-state index contributed by atoms with van der Waals surface area (Å²) in [5.74, 6) is 1.33. The van der Waals surface area contributed by atoms with Gasteiger partial charge in [0.05, 0.1) is 11.9 Å². The smallest absolute Gasteiger partial charge is 0.227 e. The Kier molecular flexibility index (Phi) is 3.74. The van der Waals surface area contributed by atoms with Crippen LogP contribution in [-0.4, -0.2) is 16.9 Å². The van der Waals surface area contributed by atoms with E-state index >= 15 is 0 Å². The van der Waals surface area contributed by atoms with E-state index in [9.17, 15) is 4.79 Å². The molecule has 1 aromatic rings. The number of nitrogens with one attached hydrogen (secondary N) is 1. The summed E-state index contributed by atoms with van der Waals surface area (Å²) >= 11 is 0. The molecular formula is C16H23N3O. The lowest BCUT2D eigenvalue weighted by Gasteiger charge is -2.43. The number of hydrogen-bond donors (Lipinski definition) is 2. The summed E-state index contributed by atoms with van der Waals surface area (Å²) in [5, 5.41) is 3.01. The Hall–Kier alpha value is -1.42. The average molecular weight is 273 g/mol. The molecule has 108 valence electrons. The topological polar surface area (TPSA) is 68.0 Å². The molecule has 2 aliphatic carbocycles. The van der Waals surface area contributed by atoms with E-state index in [-0.39, 0.29) is 11.8 Å². The van der Waals surface area contributed by atoms with Gasteiger partial charge in [0.25, 0.3) is 0 Å². The third kappa shape index (κ3) is 2.70. The standard InChI is InChI=1S/C16H23N3O/c1-10-5-14(9-18-8-10)19-16(20)13-6-11-3-2-4-12(7-13)15(11)17/h5,8-9,11-13,15H,2-4,6-7,17H2,1H3,(H,19,20). The Morgan fingerprint density at radius 1 is 1.30 bits per heavy atom. The number of carbonyl (C=O) groups excluding carboxylic acids is 1. The van der Waals surface area contributed by atoms with Crippen LogP contribution in [0, 0.1) is 24.7 Å². The summed E-state index contributed by atoms with van der Waals surface area (Å²) in [7, 11) is 0. The van der Waals surface area contributed by atoms with Crippen molar-refractivity contribution in [2.45, 2.75) is 45.1 Å². The first-order chi connectivity index (χ1) is 9.63. The van der Waals surface area contributed by atoms with Crippen LogP contribution in [0.5, 0.6) is 0 Å². The number of nitrogens with zero attached hydrogens (tertiary/aromatic N) is 1. The number of aromatic nitrogens is 1. The Balaban J connectivity index is 1.66. The van der Waals surface area contributed by atoms with Crippen molar-refractivity contribution in [3.8, 4) is 0 Å². The minimum absolute atomic E-state index is 0.116. The average Bonchev–Trinajstić information content (AvgIpc) is 2.38. The van der Waals surface area contributed by atoms with Crippen LogP contribution < -0.4 is 11.1 Å². The normalized spacial score (nSPS) is 32.7. The number of anilines is 1. The predicted octanol–water partition coefficient (Wildman–Crippen LogP) is 2.48. The lowest BCUT2D eigenvalue weighted by Crippen LogP contribution is -2.48. The molecule has 2 bridgehead atoms. The Morgan fingerprint density at radius 3 is 2.65 bits per heavy atom. The number of rotatable bonds is 2. The van der Waals surface area contributed by atoms with Crippen molar-refractivity contribution < 1.29 is 4.79 Å². The van der Waals surface area contributed by atoms with Gasteiger partial charge in [-0.3, -0.25) is 9.78 Å². The summed E-state index contributed by atoms with van der Waals surface area (Å²) < 4.78 is 0. The number of aryl methyl sites for hydroxylation is 1. The minimum Gasteiger partial charge on any atom is -0.327 e. The molecule has 2 fully saturated rings. The SMILES string of the molecule is Cc1cncc(NC(=O)C2CC3CCCC(C2)C3N)c1. The molecule has 4 heteroatoms. The summed E-state index contributed by atoms with van der Waals surface area (Å²) in [6.07, 6.45) is 9.05. The van der Waals surface area contributed by atoms with Gasteiger partial charge in [-0.2, -0.15) is 0 Å². The number of nitrogens with two attached hydrogens (primary N) is 1. The molecule has 0 aromatic carbocycles. The van der Waals surface area contributed by atoms with E-state index in [0.29, 0.717) is 17.9 Å². The quantitative estimate of drug-likeness (QED) is 0.870. The first-order valence-electron chi connectivity index (χ1n) is 7.61. The van der Waals surface area contributed by atoms with E-state index in [0.717, 1.165) is 24.1 Å². The summed E-state index contributed by atoms with van der Waals surface area (Å²) in [5.41, 5.74) is 8.14. The first-order valence-corrected chi connectivity index (χ1v) is 7.61. The van der Waals surface area contributed by atoms with E-state index in [1.807, 2.05) is 13.0 Å². The maximum Gasteiger partial charge on any atom is 0.227 e. The van der Waals surface area contributed by atoms with Gasteiger partial charge in [-0.15, -0.1) is 0 Å². The molecule has 2 aliphatic rings. The fourth-order valence-corrected chi connectivity index (χ4v) is 3.87. The van der Waals surface area contributed by atoms with E-state index in [2.05, 4.69) is 10.3 Å². The van der Waals surface area contributed by atoms with E-state index in [4.69, 9.17) is 5.73 Å². The fourth-order valence-electron chi connectivity index (χ4n) is 3.87. The molecule has 3 N–H and O–H groups in total. The van der Waals surface area contributed by atoms with Crippen LogP contribution in [0.3, 0.4) is 0 Å². The van der Waals surface area contributed by atoms with Crippen LogP contribution in [-0.2, 0) is 4.79 Å². The Morgan fingerprint density at radius 2 is 2.00 bits per heavy atom. The van der Waals surface area contributed by atoms with Crippen molar-refractivity contribution in [3.05, 3.63) is 24.0 Å². The molecule has 0 spiro atoms. The third-order valence-electron chi connectivity index (χ3n) is 4.93. The molecule has 2 saturated carbocycles. The van der Waals surface area contributed by atoms with Crippen molar-refractivity contribution in [3.63, 3.8) is 0 Å². The lowest BCUT2D eigenvalue weighted by molar-refractivity contribution is -0.122. The van der Waals surface area contributed by atoms with Crippen LogP contribution in [0.15, 0.2) is 18.5 Å². The molecule has 0 aliphatic heterocycles. The van der Waals surface area contributed by atoms with Crippen molar-refractivity contribution >= 4 is 11.6 Å². The number of fused-ring (bicyclic) bond motifs is 2. The van der Waals surface area contributed by atoms with Gasteiger partial charge in [0.2, 0.25) is 5.91 Å². The number of pyridine rings is 1. The third-order valence-corrected chi connectivity index (χ3v) is 4.93. The molecule has 1 heterocycles. The summed E-state index contributed by atoms with van der Waals surface area (Å²) in [6, 6.07) is 2.27. The van der Waals surface area contributed by atoms with E-state index < -0.39 is 0 Å². The zero-order valence-electron chi connectivity index (χ0n) is 12.0. The fraction of sp³-hybridized carbons (Fsp3) is 0.625. The van der Waals surface area contributed by atoms with E-state index in [1.165, 1.54) is 19.3 Å². The highest BCUT2D eigenvalue weighted by Crippen LogP contribution is 2.42.